The molecule has 0 radical (unpaired) electrons. The van der Waals surface area contributed by atoms with Gasteiger partial charge in [-0.15, -0.1) is 0 Å². The van der Waals surface area contributed by atoms with Crippen molar-refractivity contribution >= 4 is 0 Å². The molecule has 0 saturated carbocycles. The maximum absolute atomic E-state index is 2.65. The summed E-state index contributed by atoms with van der Waals surface area (Å²) < 4.78 is 0. The Hall–Kier alpha value is -0.660. The zero-order valence-corrected chi connectivity index (χ0v) is 19.8. The lowest BCUT2D eigenvalue weighted by molar-refractivity contribution is 0.136. The molecule has 2 nitrogen and oxygen atoms in total. The van der Waals surface area contributed by atoms with Crippen LogP contribution >= 0.6 is 0 Å². The van der Waals surface area contributed by atoms with Gasteiger partial charge in [-0.2, -0.15) is 0 Å². The van der Waals surface area contributed by atoms with Crippen LogP contribution in [0, 0.1) is 0 Å². The molecule has 1 atom stereocenters. The second kappa shape index (κ2) is 18.4. The van der Waals surface area contributed by atoms with Crippen molar-refractivity contribution in [2.75, 3.05) is 13.1 Å². The lowest BCUT2D eigenvalue weighted by Gasteiger charge is -2.33. The van der Waals surface area contributed by atoms with Crippen LogP contribution in [0.3, 0.4) is 0 Å². The Morgan fingerprint density at radius 3 is 1.36 bits per heavy atom. The van der Waals surface area contributed by atoms with Gasteiger partial charge in [-0.05, 0) is 25.7 Å². The summed E-state index contributed by atoms with van der Waals surface area (Å²) in [5.41, 5.74) is 0. The van der Waals surface area contributed by atoms with Gasteiger partial charge in [0.2, 0.25) is 0 Å². The first-order valence-corrected chi connectivity index (χ1v) is 13.0. The van der Waals surface area contributed by atoms with E-state index >= 15 is 0 Å². The maximum atomic E-state index is 2.65. The van der Waals surface area contributed by atoms with Gasteiger partial charge in [-0.3, -0.25) is 0 Å². The first-order valence-electron chi connectivity index (χ1n) is 13.0. The molecule has 0 fully saturated rings. The highest BCUT2D eigenvalue weighted by atomic mass is 15.4. The van der Waals surface area contributed by atoms with E-state index in [4.69, 9.17) is 0 Å². The fourth-order valence-electron chi connectivity index (χ4n) is 4.39. The second-order valence-electron chi connectivity index (χ2n) is 8.99. The highest BCUT2D eigenvalue weighted by Gasteiger charge is 2.24. The molecule has 0 aromatic heterocycles. The molecule has 0 spiro atoms. The highest BCUT2D eigenvalue weighted by molar-refractivity contribution is 4.96. The lowest BCUT2D eigenvalue weighted by Crippen LogP contribution is -2.39. The Bertz CT molecular complexity index is 352. The first-order chi connectivity index (χ1) is 13.8. The van der Waals surface area contributed by atoms with Gasteiger partial charge in [0.1, 0.15) is 6.17 Å². The van der Waals surface area contributed by atoms with E-state index in [9.17, 15) is 0 Å². The fraction of sp³-hybridized carbons (Fsp3) is 0.923. The van der Waals surface area contributed by atoms with Crippen LogP contribution in [-0.4, -0.2) is 29.1 Å². The van der Waals surface area contributed by atoms with Gasteiger partial charge in [0.05, 0.1) is 0 Å². The van der Waals surface area contributed by atoms with Gasteiger partial charge < -0.3 is 9.80 Å². The van der Waals surface area contributed by atoms with E-state index in [2.05, 4.69) is 43.0 Å². The molecule has 0 amide bonds. The summed E-state index contributed by atoms with van der Waals surface area (Å²) in [7, 11) is 0. The predicted molar refractivity (Wildman–Crippen MR) is 126 cm³/mol. The molecule has 0 saturated heterocycles. The largest absolute Gasteiger partial charge is 0.356 e. The minimum absolute atomic E-state index is 0.645. The number of hydrogen-bond donors (Lipinski definition) is 0. The minimum atomic E-state index is 0.645. The van der Waals surface area contributed by atoms with Gasteiger partial charge in [0, 0.05) is 25.5 Å². The Balaban J connectivity index is 2.21. The third-order valence-corrected chi connectivity index (χ3v) is 6.32. The molecular weight excluding hydrogens is 340 g/mol. The molecule has 2 heteroatoms. The summed E-state index contributed by atoms with van der Waals surface area (Å²) in [4.78, 5) is 5.28. The molecule has 1 heterocycles. The molecule has 1 unspecified atom stereocenters. The number of nitrogens with zero attached hydrogens (tertiary/aromatic N) is 2. The Labute approximate surface area is 178 Å². The van der Waals surface area contributed by atoms with Crippen molar-refractivity contribution < 1.29 is 0 Å². The zero-order valence-electron chi connectivity index (χ0n) is 19.8. The standard InChI is InChI=1S/C26H52N2/c1-4-7-10-12-14-15-16-17-19-21-26-27(22-9-6-3)24-25-28(26)23-20-18-13-11-8-5-2/h24-26H,4-23H2,1-3H3. The predicted octanol–water partition coefficient (Wildman–Crippen LogP) is 8.48. The SMILES string of the molecule is CCCCCCCCCCCC1N(CCCC)C=CN1CCCCCCCC. The van der Waals surface area contributed by atoms with Crippen LogP contribution in [0.5, 0.6) is 0 Å². The molecule has 1 aliphatic heterocycles. The molecule has 166 valence electrons. The van der Waals surface area contributed by atoms with E-state index < -0.39 is 0 Å². The Kier molecular flexibility index (Phi) is 16.7. The van der Waals surface area contributed by atoms with Crippen molar-refractivity contribution in [1.29, 1.82) is 0 Å². The van der Waals surface area contributed by atoms with Crippen LogP contribution in [0.15, 0.2) is 12.4 Å². The van der Waals surface area contributed by atoms with E-state index in [0.29, 0.717) is 6.17 Å². The monoisotopic (exact) mass is 392 g/mol. The third kappa shape index (κ3) is 12.0. The molecule has 0 N–H and O–H groups in total. The van der Waals surface area contributed by atoms with E-state index in [-0.39, 0.29) is 0 Å². The van der Waals surface area contributed by atoms with Crippen LogP contribution in [0.4, 0.5) is 0 Å². The summed E-state index contributed by atoms with van der Waals surface area (Å²) in [6, 6.07) is 0. The van der Waals surface area contributed by atoms with Gasteiger partial charge in [-0.25, -0.2) is 0 Å². The van der Waals surface area contributed by atoms with Crippen LogP contribution < -0.4 is 0 Å². The molecule has 0 bridgehead atoms. The van der Waals surface area contributed by atoms with Crippen molar-refractivity contribution in [3.63, 3.8) is 0 Å². The molecular formula is C26H52N2. The topological polar surface area (TPSA) is 6.48 Å². The van der Waals surface area contributed by atoms with E-state index in [1.807, 2.05) is 0 Å². The molecule has 0 aromatic carbocycles. The van der Waals surface area contributed by atoms with Crippen LogP contribution in [0.2, 0.25) is 0 Å². The summed E-state index contributed by atoms with van der Waals surface area (Å²) >= 11 is 0. The van der Waals surface area contributed by atoms with Gasteiger partial charge in [0.25, 0.3) is 0 Å². The van der Waals surface area contributed by atoms with Crippen LogP contribution in [0.25, 0.3) is 0 Å². The van der Waals surface area contributed by atoms with Crippen molar-refractivity contribution in [2.45, 2.75) is 143 Å². The molecule has 0 aromatic rings. The summed E-state index contributed by atoms with van der Waals surface area (Å²) in [6.07, 6.45) is 30.6. The molecule has 28 heavy (non-hydrogen) atoms. The minimum Gasteiger partial charge on any atom is -0.356 e. The number of hydrogen-bond acceptors (Lipinski definition) is 2. The van der Waals surface area contributed by atoms with Gasteiger partial charge in [-0.1, -0.05) is 111 Å². The summed E-state index contributed by atoms with van der Waals surface area (Å²) in [6.45, 7) is 9.41. The maximum Gasteiger partial charge on any atom is 0.101 e. The van der Waals surface area contributed by atoms with E-state index in [0.717, 1.165) is 0 Å². The average Bonchev–Trinajstić information content (AvgIpc) is 3.09. The summed E-state index contributed by atoms with van der Waals surface area (Å²) in [5.74, 6) is 0. The van der Waals surface area contributed by atoms with E-state index in [1.165, 1.54) is 129 Å². The quantitative estimate of drug-likeness (QED) is 0.192. The fourth-order valence-corrected chi connectivity index (χ4v) is 4.39. The number of rotatable bonds is 20. The van der Waals surface area contributed by atoms with Crippen molar-refractivity contribution in [2.24, 2.45) is 0 Å². The highest BCUT2D eigenvalue weighted by Crippen LogP contribution is 2.23. The Morgan fingerprint density at radius 1 is 0.464 bits per heavy atom. The Morgan fingerprint density at radius 2 is 0.857 bits per heavy atom. The zero-order chi connectivity index (χ0) is 20.3. The average molecular weight is 393 g/mol. The van der Waals surface area contributed by atoms with Gasteiger partial charge in [0.15, 0.2) is 0 Å². The van der Waals surface area contributed by atoms with Crippen LogP contribution in [0.1, 0.15) is 136 Å². The normalized spacial score (nSPS) is 16.5. The third-order valence-electron chi connectivity index (χ3n) is 6.32. The molecule has 0 aliphatic carbocycles. The lowest BCUT2D eigenvalue weighted by atomic mass is 10.1. The molecule has 1 aliphatic rings. The van der Waals surface area contributed by atoms with Crippen molar-refractivity contribution in [3.05, 3.63) is 12.4 Å². The van der Waals surface area contributed by atoms with Crippen molar-refractivity contribution in [3.8, 4) is 0 Å². The van der Waals surface area contributed by atoms with Gasteiger partial charge >= 0.3 is 0 Å². The van der Waals surface area contributed by atoms with Crippen LogP contribution in [-0.2, 0) is 0 Å². The van der Waals surface area contributed by atoms with E-state index in [1.54, 1.807) is 0 Å². The van der Waals surface area contributed by atoms with Crippen molar-refractivity contribution in [1.82, 2.24) is 9.80 Å². The smallest absolute Gasteiger partial charge is 0.101 e. The molecule has 1 rings (SSSR count). The second-order valence-corrected chi connectivity index (χ2v) is 8.99. The first kappa shape index (κ1) is 25.4. The summed E-state index contributed by atoms with van der Waals surface area (Å²) in [5, 5.41) is 0. The number of unbranched alkanes of at least 4 members (excludes halogenated alkanes) is 14.